The summed E-state index contributed by atoms with van der Waals surface area (Å²) in [5.74, 6) is 0.828. The molecule has 112 valence electrons. The zero-order valence-electron chi connectivity index (χ0n) is 13.2. The van der Waals surface area contributed by atoms with Crippen LogP contribution in [-0.2, 0) is 4.74 Å². The maximum atomic E-state index is 5.98. The average Bonchev–Trinajstić information content (AvgIpc) is 2.63. The van der Waals surface area contributed by atoms with Gasteiger partial charge in [0.2, 0.25) is 0 Å². The molecule has 0 aromatic heterocycles. The van der Waals surface area contributed by atoms with Gasteiger partial charge in [0.05, 0.1) is 6.10 Å². The van der Waals surface area contributed by atoms with Crippen molar-refractivity contribution in [2.75, 3.05) is 13.2 Å². The number of rotatable bonds is 6. The third-order valence-electron chi connectivity index (χ3n) is 4.97. The molecule has 0 amide bonds. The van der Waals surface area contributed by atoms with E-state index >= 15 is 0 Å². The lowest BCUT2D eigenvalue weighted by Crippen LogP contribution is -2.33. The Morgan fingerprint density at radius 3 is 2.47 bits per heavy atom. The molecule has 0 spiro atoms. The highest BCUT2D eigenvalue weighted by atomic mass is 16.5. The molecular formula is C17H33NO. The molecule has 2 aliphatic carbocycles. The summed E-state index contributed by atoms with van der Waals surface area (Å²) in [6, 6.07) is 0.727. The normalized spacial score (nSPS) is 31.7. The van der Waals surface area contributed by atoms with Crippen molar-refractivity contribution in [2.24, 2.45) is 11.3 Å². The average molecular weight is 267 g/mol. The highest BCUT2D eigenvalue weighted by molar-refractivity contribution is 4.90. The van der Waals surface area contributed by atoms with E-state index in [1.165, 1.54) is 51.4 Å². The maximum Gasteiger partial charge on any atom is 0.0575 e. The Hall–Kier alpha value is -0.0800. The SMILES string of the molecule is CC1CC(C)(C)CC1NCCCOC1CCCCC1. The topological polar surface area (TPSA) is 21.3 Å². The lowest BCUT2D eigenvalue weighted by atomic mass is 9.91. The molecule has 2 saturated carbocycles. The third-order valence-corrected chi connectivity index (χ3v) is 4.97. The van der Waals surface area contributed by atoms with Gasteiger partial charge in [0, 0.05) is 12.6 Å². The molecule has 1 N–H and O–H groups in total. The largest absolute Gasteiger partial charge is 0.378 e. The van der Waals surface area contributed by atoms with Crippen LogP contribution in [0.1, 0.15) is 72.1 Å². The number of hydrogen-bond acceptors (Lipinski definition) is 2. The van der Waals surface area contributed by atoms with Crippen molar-refractivity contribution in [1.29, 1.82) is 0 Å². The summed E-state index contributed by atoms with van der Waals surface area (Å²) in [6.07, 6.45) is 11.2. The maximum absolute atomic E-state index is 5.98. The van der Waals surface area contributed by atoms with Crippen molar-refractivity contribution < 1.29 is 4.74 Å². The highest BCUT2D eigenvalue weighted by Crippen LogP contribution is 2.40. The van der Waals surface area contributed by atoms with E-state index in [1.807, 2.05) is 0 Å². The zero-order chi connectivity index (χ0) is 13.7. The third kappa shape index (κ3) is 5.07. The Kier molecular flexibility index (Phi) is 5.70. The molecule has 0 aromatic carbocycles. The van der Waals surface area contributed by atoms with Gasteiger partial charge in [-0.1, -0.05) is 40.0 Å². The molecular weight excluding hydrogens is 234 g/mol. The number of ether oxygens (including phenoxy) is 1. The summed E-state index contributed by atoms with van der Waals surface area (Å²) in [7, 11) is 0. The predicted molar refractivity (Wildman–Crippen MR) is 81.4 cm³/mol. The summed E-state index contributed by atoms with van der Waals surface area (Å²) < 4.78 is 5.98. The summed E-state index contributed by atoms with van der Waals surface area (Å²) in [4.78, 5) is 0. The fourth-order valence-corrected chi connectivity index (χ4v) is 4.01. The first-order valence-corrected chi connectivity index (χ1v) is 8.42. The van der Waals surface area contributed by atoms with E-state index in [0.717, 1.165) is 25.1 Å². The first kappa shape index (κ1) is 15.3. The fourth-order valence-electron chi connectivity index (χ4n) is 4.01. The molecule has 0 saturated heterocycles. The summed E-state index contributed by atoms with van der Waals surface area (Å²) in [5.41, 5.74) is 0.537. The van der Waals surface area contributed by atoms with E-state index in [2.05, 4.69) is 26.1 Å². The summed E-state index contributed by atoms with van der Waals surface area (Å²) >= 11 is 0. The van der Waals surface area contributed by atoms with E-state index in [1.54, 1.807) is 0 Å². The predicted octanol–water partition coefficient (Wildman–Crippen LogP) is 4.14. The Bertz CT molecular complexity index is 258. The molecule has 0 aliphatic heterocycles. The van der Waals surface area contributed by atoms with Crippen LogP contribution in [0.25, 0.3) is 0 Å². The minimum Gasteiger partial charge on any atom is -0.378 e. The van der Waals surface area contributed by atoms with Crippen molar-refractivity contribution in [3.05, 3.63) is 0 Å². The Morgan fingerprint density at radius 1 is 1.11 bits per heavy atom. The van der Waals surface area contributed by atoms with Crippen LogP contribution in [0.3, 0.4) is 0 Å². The molecule has 2 atom stereocenters. The fraction of sp³-hybridized carbons (Fsp3) is 1.00. The van der Waals surface area contributed by atoms with Gasteiger partial charge in [-0.3, -0.25) is 0 Å². The van der Waals surface area contributed by atoms with Gasteiger partial charge in [-0.15, -0.1) is 0 Å². The van der Waals surface area contributed by atoms with Gasteiger partial charge < -0.3 is 10.1 Å². The van der Waals surface area contributed by atoms with Crippen LogP contribution >= 0.6 is 0 Å². The lowest BCUT2D eigenvalue weighted by Gasteiger charge is -2.22. The smallest absolute Gasteiger partial charge is 0.0575 e. The van der Waals surface area contributed by atoms with Gasteiger partial charge in [0.25, 0.3) is 0 Å². The molecule has 2 aliphatic rings. The van der Waals surface area contributed by atoms with E-state index in [0.29, 0.717) is 11.5 Å². The van der Waals surface area contributed by atoms with Crippen molar-refractivity contribution in [2.45, 2.75) is 84.3 Å². The van der Waals surface area contributed by atoms with E-state index in [4.69, 9.17) is 4.74 Å². The first-order chi connectivity index (χ1) is 9.07. The van der Waals surface area contributed by atoms with Crippen LogP contribution in [0.5, 0.6) is 0 Å². The second-order valence-electron chi connectivity index (χ2n) is 7.59. The Labute approximate surface area is 119 Å². The lowest BCUT2D eigenvalue weighted by molar-refractivity contribution is 0.0270. The first-order valence-electron chi connectivity index (χ1n) is 8.42. The van der Waals surface area contributed by atoms with Gasteiger partial charge in [0.15, 0.2) is 0 Å². The molecule has 19 heavy (non-hydrogen) atoms. The van der Waals surface area contributed by atoms with Crippen molar-refractivity contribution >= 4 is 0 Å². The molecule has 2 fully saturated rings. The molecule has 0 radical (unpaired) electrons. The Balaban J connectivity index is 1.52. The molecule has 0 aromatic rings. The van der Waals surface area contributed by atoms with Gasteiger partial charge in [-0.25, -0.2) is 0 Å². The number of nitrogens with one attached hydrogen (secondary N) is 1. The van der Waals surface area contributed by atoms with Crippen molar-refractivity contribution in [3.63, 3.8) is 0 Å². The van der Waals surface area contributed by atoms with Crippen LogP contribution in [0.2, 0.25) is 0 Å². The van der Waals surface area contributed by atoms with Gasteiger partial charge in [0.1, 0.15) is 0 Å². The van der Waals surface area contributed by atoms with Gasteiger partial charge in [-0.05, 0) is 50.0 Å². The quantitative estimate of drug-likeness (QED) is 0.730. The minimum atomic E-state index is 0.537. The molecule has 2 rings (SSSR count). The molecule has 0 bridgehead atoms. The molecule has 2 nitrogen and oxygen atoms in total. The van der Waals surface area contributed by atoms with Crippen LogP contribution in [-0.4, -0.2) is 25.3 Å². The minimum absolute atomic E-state index is 0.537. The van der Waals surface area contributed by atoms with Gasteiger partial charge in [-0.2, -0.15) is 0 Å². The second kappa shape index (κ2) is 7.08. The van der Waals surface area contributed by atoms with Crippen LogP contribution in [0.15, 0.2) is 0 Å². The van der Waals surface area contributed by atoms with E-state index < -0.39 is 0 Å². The number of hydrogen-bond donors (Lipinski definition) is 1. The van der Waals surface area contributed by atoms with E-state index in [-0.39, 0.29) is 0 Å². The van der Waals surface area contributed by atoms with Crippen LogP contribution < -0.4 is 5.32 Å². The Morgan fingerprint density at radius 2 is 1.84 bits per heavy atom. The van der Waals surface area contributed by atoms with Crippen molar-refractivity contribution in [1.82, 2.24) is 5.32 Å². The highest BCUT2D eigenvalue weighted by Gasteiger charge is 2.35. The zero-order valence-corrected chi connectivity index (χ0v) is 13.2. The monoisotopic (exact) mass is 267 g/mol. The standard InChI is InChI=1S/C17H33NO/c1-14-12-17(2,3)13-16(14)18-10-7-11-19-15-8-5-4-6-9-15/h14-16,18H,4-13H2,1-3H3. The van der Waals surface area contributed by atoms with Crippen LogP contribution in [0, 0.1) is 11.3 Å². The molecule has 0 heterocycles. The van der Waals surface area contributed by atoms with Crippen molar-refractivity contribution in [3.8, 4) is 0 Å². The van der Waals surface area contributed by atoms with Gasteiger partial charge >= 0.3 is 0 Å². The summed E-state index contributed by atoms with van der Waals surface area (Å²) in [6.45, 7) is 9.26. The van der Waals surface area contributed by atoms with Crippen LogP contribution in [0.4, 0.5) is 0 Å². The van der Waals surface area contributed by atoms with E-state index in [9.17, 15) is 0 Å². The summed E-state index contributed by atoms with van der Waals surface area (Å²) in [5, 5.41) is 3.74. The second-order valence-corrected chi connectivity index (χ2v) is 7.59. The molecule has 2 unspecified atom stereocenters. The molecule has 2 heteroatoms.